The average Bonchev–Trinajstić information content (AvgIpc) is 3.72. The number of fused-ring (bicyclic) bond motifs is 1. The maximum absolute atomic E-state index is 12.1. The highest BCUT2D eigenvalue weighted by molar-refractivity contribution is 5.95. The Morgan fingerprint density at radius 2 is 1.84 bits per heavy atom. The summed E-state index contributed by atoms with van der Waals surface area (Å²) in [4.78, 5) is 16.4. The van der Waals surface area contributed by atoms with Crippen LogP contribution in [0, 0.1) is 6.92 Å². The number of hydrogen-bond acceptors (Lipinski definition) is 6. The van der Waals surface area contributed by atoms with Gasteiger partial charge in [-0.1, -0.05) is 56.3 Å². The molecular formula is C34H35N7O3. The largest absolute Gasteiger partial charge is 0.483 e. The summed E-state index contributed by atoms with van der Waals surface area (Å²) in [5.41, 5.74) is 12.1. The maximum atomic E-state index is 12.1. The first-order chi connectivity index (χ1) is 21.2. The highest BCUT2D eigenvalue weighted by atomic mass is 16.5. The van der Waals surface area contributed by atoms with Gasteiger partial charge in [0.2, 0.25) is 5.91 Å². The van der Waals surface area contributed by atoms with Crippen LogP contribution in [0.4, 0.5) is 0 Å². The van der Waals surface area contributed by atoms with Gasteiger partial charge in [0.1, 0.15) is 23.9 Å². The summed E-state index contributed by atoms with van der Waals surface area (Å²) in [7, 11) is 1.90. The van der Waals surface area contributed by atoms with Crippen LogP contribution >= 0.6 is 0 Å². The molecule has 0 spiro atoms. The number of aliphatic hydroxyl groups is 1. The molecule has 0 aliphatic heterocycles. The van der Waals surface area contributed by atoms with Gasteiger partial charge in [-0.2, -0.15) is 10.2 Å². The molecule has 1 amide bonds. The number of aromatic nitrogens is 6. The van der Waals surface area contributed by atoms with Gasteiger partial charge in [0.25, 0.3) is 0 Å². The minimum absolute atomic E-state index is 0.158. The number of aliphatic hydroxyl groups excluding tert-OH is 1. The Bertz CT molecular complexity index is 1950. The first kappa shape index (κ1) is 28.9. The van der Waals surface area contributed by atoms with E-state index >= 15 is 0 Å². The van der Waals surface area contributed by atoms with Crippen LogP contribution in [0.2, 0.25) is 0 Å². The van der Waals surface area contributed by atoms with Crippen LogP contribution in [0.15, 0.2) is 85.3 Å². The first-order valence-corrected chi connectivity index (χ1v) is 14.5. The molecule has 10 heteroatoms. The minimum atomic E-state index is -0.686. The molecule has 3 aromatic heterocycles. The van der Waals surface area contributed by atoms with Gasteiger partial charge >= 0.3 is 0 Å². The predicted octanol–water partition coefficient (Wildman–Crippen LogP) is 5.47. The van der Waals surface area contributed by atoms with Crippen LogP contribution in [0.25, 0.3) is 27.8 Å². The van der Waals surface area contributed by atoms with Crippen molar-refractivity contribution >= 4 is 16.8 Å². The van der Waals surface area contributed by atoms with E-state index in [1.54, 1.807) is 23.0 Å². The monoisotopic (exact) mass is 589 g/mol. The van der Waals surface area contributed by atoms with Crippen molar-refractivity contribution in [2.45, 2.75) is 45.9 Å². The molecule has 0 bridgehead atoms. The summed E-state index contributed by atoms with van der Waals surface area (Å²) in [5, 5.41) is 21.7. The average molecular weight is 590 g/mol. The number of aryl methyl sites for hydroxylation is 1. The maximum Gasteiger partial charge on any atom is 0.248 e. The third-order valence-corrected chi connectivity index (χ3v) is 7.89. The Labute approximate surface area is 255 Å². The van der Waals surface area contributed by atoms with Crippen LogP contribution in [-0.2, 0) is 20.2 Å². The summed E-state index contributed by atoms with van der Waals surface area (Å²) in [6.45, 7) is 6.86. The van der Waals surface area contributed by atoms with Gasteiger partial charge < -0.3 is 20.1 Å². The van der Waals surface area contributed by atoms with E-state index in [9.17, 15) is 9.90 Å². The second-order valence-electron chi connectivity index (χ2n) is 11.2. The Morgan fingerprint density at radius 1 is 1.05 bits per heavy atom. The molecular weight excluding hydrogens is 554 g/mol. The molecule has 0 saturated heterocycles. The smallest absolute Gasteiger partial charge is 0.248 e. The van der Waals surface area contributed by atoms with E-state index in [1.807, 2.05) is 84.1 Å². The number of hydrogen-bond donors (Lipinski definition) is 2. The fraction of sp³-hybridized carbons (Fsp3) is 0.235. The van der Waals surface area contributed by atoms with Crippen molar-refractivity contribution < 1.29 is 14.6 Å². The van der Waals surface area contributed by atoms with Gasteiger partial charge in [0.05, 0.1) is 23.9 Å². The lowest BCUT2D eigenvalue weighted by Crippen LogP contribution is -2.13. The van der Waals surface area contributed by atoms with Crippen LogP contribution in [0.3, 0.4) is 0 Å². The number of ether oxygens (including phenoxy) is 1. The predicted molar refractivity (Wildman–Crippen MR) is 169 cm³/mol. The van der Waals surface area contributed by atoms with E-state index in [4.69, 9.17) is 20.7 Å². The fourth-order valence-electron chi connectivity index (χ4n) is 5.62. The Morgan fingerprint density at radius 3 is 2.55 bits per heavy atom. The summed E-state index contributed by atoms with van der Waals surface area (Å²) in [6.07, 6.45) is 4.85. The Hall–Kier alpha value is -5.22. The van der Waals surface area contributed by atoms with Crippen LogP contribution in [0.1, 0.15) is 58.9 Å². The zero-order valence-electron chi connectivity index (χ0n) is 25.2. The summed E-state index contributed by atoms with van der Waals surface area (Å²) in [5.74, 6) is 0.825. The number of nitrogens with two attached hydrogens (primary N) is 1. The third-order valence-electron chi connectivity index (χ3n) is 7.89. The molecule has 6 aromatic rings. The lowest BCUT2D eigenvalue weighted by molar-refractivity contribution is 0.0999. The number of nitrogens with zero attached hydrogens (tertiary/aromatic N) is 6. The normalized spacial score (nSPS) is 12.2. The molecule has 0 radical (unpaired) electrons. The van der Waals surface area contributed by atoms with Gasteiger partial charge in [-0.3, -0.25) is 9.48 Å². The van der Waals surface area contributed by atoms with Gasteiger partial charge in [0.15, 0.2) is 0 Å². The lowest BCUT2D eigenvalue weighted by atomic mass is 9.95. The molecule has 0 fully saturated rings. The molecule has 10 nitrogen and oxygen atoms in total. The molecule has 0 aliphatic carbocycles. The van der Waals surface area contributed by atoms with Gasteiger partial charge in [-0.05, 0) is 42.7 Å². The van der Waals surface area contributed by atoms with E-state index in [0.29, 0.717) is 23.5 Å². The van der Waals surface area contributed by atoms with E-state index in [-0.39, 0.29) is 12.5 Å². The van der Waals surface area contributed by atoms with E-state index in [0.717, 1.165) is 44.8 Å². The summed E-state index contributed by atoms with van der Waals surface area (Å²) < 4.78 is 11.8. The highest BCUT2D eigenvalue weighted by Gasteiger charge is 2.24. The first-order valence-electron chi connectivity index (χ1n) is 14.5. The van der Waals surface area contributed by atoms with E-state index < -0.39 is 12.0 Å². The van der Waals surface area contributed by atoms with Crippen molar-refractivity contribution in [2.24, 2.45) is 12.8 Å². The molecule has 6 rings (SSSR count). The number of amides is 1. The standard InChI is InChI=1S/C34H35N7O3/c1-21(2)32-22(3)41(28-14-13-24(34(35)43)17-30(28)44-20-31-36-15-16-39(31)4)38-33(32)25-11-8-12-27-26(25)18-40(37-27)19-29(42)23-9-6-5-7-10-23/h5-18,21,29,42H,19-20H2,1-4H3,(H2,35,43). The van der Waals surface area contributed by atoms with Crippen LogP contribution in [-0.4, -0.2) is 40.1 Å². The Balaban J connectivity index is 1.43. The van der Waals surface area contributed by atoms with Gasteiger partial charge in [-0.25, -0.2) is 9.67 Å². The number of benzene rings is 3. The van der Waals surface area contributed by atoms with Crippen molar-refractivity contribution in [3.05, 3.63) is 114 Å². The molecule has 1 atom stereocenters. The molecule has 44 heavy (non-hydrogen) atoms. The summed E-state index contributed by atoms with van der Waals surface area (Å²) in [6, 6.07) is 20.7. The van der Waals surface area contributed by atoms with Gasteiger partial charge in [0, 0.05) is 53.4 Å². The fourth-order valence-corrected chi connectivity index (χ4v) is 5.62. The SMILES string of the molecule is Cc1c(C(C)C)c(-c2cccc3nn(CC(O)c4ccccc4)cc23)nn1-c1ccc(C(N)=O)cc1OCc1nccn1C. The van der Waals surface area contributed by atoms with Crippen molar-refractivity contribution in [1.82, 2.24) is 29.1 Å². The zero-order valence-corrected chi connectivity index (χ0v) is 25.2. The minimum Gasteiger partial charge on any atom is -0.483 e. The van der Waals surface area contributed by atoms with Crippen molar-refractivity contribution in [3.8, 4) is 22.7 Å². The molecule has 1 unspecified atom stereocenters. The number of primary amides is 1. The molecule has 0 aliphatic rings. The zero-order chi connectivity index (χ0) is 31.0. The topological polar surface area (TPSA) is 126 Å². The molecule has 3 aromatic carbocycles. The third kappa shape index (κ3) is 5.47. The molecule has 3 heterocycles. The van der Waals surface area contributed by atoms with Crippen molar-refractivity contribution in [3.63, 3.8) is 0 Å². The van der Waals surface area contributed by atoms with Crippen LogP contribution < -0.4 is 10.5 Å². The van der Waals surface area contributed by atoms with Crippen molar-refractivity contribution in [1.29, 1.82) is 0 Å². The molecule has 224 valence electrons. The Kier molecular flexibility index (Phi) is 7.75. The molecule has 0 saturated carbocycles. The second kappa shape index (κ2) is 11.8. The quantitative estimate of drug-likeness (QED) is 0.218. The summed E-state index contributed by atoms with van der Waals surface area (Å²) >= 11 is 0. The number of carbonyl (C=O) groups is 1. The molecule has 3 N–H and O–H groups in total. The highest BCUT2D eigenvalue weighted by Crippen LogP contribution is 2.38. The van der Waals surface area contributed by atoms with Crippen molar-refractivity contribution in [2.75, 3.05) is 0 Å². The number of imidazole rings is 1. The van der Waals surface area contributed by atoms with Gasteiger partial charge in [-0.15, -0.1) is 0 Å². The van der Waals surface area contributed by atoms with E-state index in [1.165, 1.54) is 0 Å². The number of rotatable bonds is 10. The number of carbonyl (C=O) groups excluding carboxylic acids is 1. The lowest BCUT2D eigenvalue weighted by Gasteiger charge is -2.14. The van der Waals surface area contributed by atoms with Crippen LogP contribution in [0.5, 0.6) is 5.75 Å². The second-order valence-corrected chi connectivity index (χ2v) is 11.2. The van der Waals surface area contributed by atoms with E-state index in [2.05, 4.69) is 24.9 Å².